The van der Waals surface area contributed by atoms with Gasteiger partial charge in [-0.3, -0.25) is 0 Å². The number of nitrogens with one attached hydrogen (secondary N) is 1. The van der Waals surface area contributed by atoms with E-state index in [1.165, 1.54) is 19.3 Å². The SMILES string of the molecule is C[C@H]1CCC[C@@H]2C=C[C@H](C)[C@@](C)(c3cc(O)c(C=N)c(=O)o3)[C@H]12. The Bertz CT molecular complexity index is 705. The van der Waals surface area contributed by atoms with Crippen LogP contribution in [-0.4, -0.2) is 11.3 Å². The molecular formula is C19H25NO3. The minimum absolute atomic E-state index is 0.0791. The van der Waals surface area contributed by atoms with Gasteiger partial charge in [-0.1, -0.05) is 45.8 Å². The summed E-state index contributed by atoms with van der Waals surface area (Å²) in [5.74, 6) is 2.04. The first kappa shape index (κ1) is 16.0. The molecule has 23 heavy (non-hydrogen) atoms. The molecule has 0 unspecified atom stereocenters. The standard InChI is InChI=1S/C19H25NO3/c1-11-5-4-6-13-8-7-12(2)19(3,17(11)13)16-9-15(21)14(10-20)18(22)23-16/h7-13,17,20-21H,4-6H2,1-3H3/t11-,12-,13+,17+,19-/m0/s1. The van der Waals surface area contributed by atoms with Gasteiger partial charge in [0.15, 0.2) is 0 Å². The molecule has 0 saturated heterocycles. The number of rotatable bonds is 2. The Labute approximate surface area is 136 Å². The van der Waals surface area contributed by atoms with Crippen LogP contribution in [0.4, 0.5) is 0 Å². The van der Waals surface area contributed by atoms with Crippen molar-refractivity contribution >= 4 is 6.21 Å². The molecule has 0 bridgehead atoms. The normalized spacial score (nSPS) is 36.5. The Hall–Kier alpha value is -1.84. The molecule has 4 heteroatoms. The van der Waals surface area contributed by atoms with Crippen molar-refractivity contribution in [2.45, 2.75) is 45.4 Å². The topological polar surface area (TPSA) is 74.3 Å². The highest BCUT2D eigenvalue weighted by Crippen LogP contribution is 2.54. The molecule has 1 aromatic heterocycles. The summed E-state index contributed by atoms with van der Waals surface area (Å²) >= 11 is 0. The van der Waals surface area contributed by atoms with Gasteiger partial charge in [0.1, 0.15) is 17.1 Å². The molecule has 1 aromatic rings. The van der Waals surface area contributed by atoms with Gasteiger partial charge in [0.25, 0.3) is 0 Å². The van der Waals surface area contributed by atoms with Crippen LogP contribution in [0.5, 0.6) is 5.75 Å². The molecule has 2 aliphatic carbocycles. The van der Waals surface area contributed by atoms with Crippen LogP contribution in [0, 0.1) is 29.1 Å². The molecule has 0 aliphatic heterocycles. The van der Waals surface area contributed by atoms with E-state index < -0.39 is 5.63 Å². The van der Waals surface area contributed by atoms with E-state index >= 15 is 0 Å². The predicted molar refractivity (Wildman–Crippen MR) is 90.2 cm³/mol. The Morgan fingerprint density at radius 3 is 2.74 bits per heavy atom. The number of hydrogen-bond donors (Lipinski definition) is 2. The highest BCUT2D eigenvalue weighted by atomic mass is 16.4. The highest BCUT2D eigenvalue weighted by molar-refractivity contribution is 5.80. The van der Waals surface area contributed by atoms with E-state index in [-0.39, 0.29) is 22.6 Å². The monoisotopic (exact) mass is 315 g/mol. The van der Waals surface area contributed by atoms with Crippen LogP contribution in [0.1, 0.15) is 51.4 Å². The first-order valence-corrected chi connectivity index (χ1v) is 8.46. The molecule has 3 rings (SSSR count). The Kier molecular flexibility index (Phi) is 3.95. The van der Waals surface area contributed by atoms with Crippen LogP contribution in [0.15, 0.2) is 27.4 Å². The van der Waals surface area contributed by atoms with Crippen molar-refractivity contribution in [2.24, 2.45) is 23.7 Å². The molecule has 0 aromatic carbocycles. The number of allylic oxidation sites excluding steroid dienone is 2. The lowest BCUT2D eigenvalue weighted by atomic mass is 9.53. The van der Waals surface area contributed by atoms with Gasteiger partial charge in [-0.2, -0.15) is 0 Å². The minimum atomic E-state index is -0.627. The van der Waals surface area contributed by atoms with Gasteiger partial charge >= 0.3 is 5.63 Å². The predicted octanol–water partition coefficient (Wildman–Crippen LogP) is 3.86. The van der Waals surface area contributed by atoms with Crippen LogP contribution < -0.4 is 5.63 Å². The molecule has 0 spiro atoms. The van der Waals surface area contributed by atoms with Crippen LogP contribution in [0.2, 0.25) is 0 Å². The third kappa shape index (κ3) is 2.35. The van der Waals surface area contributed by atoms with Gasteiger partial charge in [0.05, 0.1) is 0 Å². The third-order valence-electron chi connectivity index (χ3n) is 6.20. The first-order chi connectivity index (χ1) is 10.9. The fraction of sp³-hybridized carbons (Fsp3) is 0.579. The maximum atomic E-state index is 12.1. The van der Waals surface area contributed by atoms with Crippen LogP contribution in [-0.2, 0) is 5.41 Å². The maximum absolute atomic E-state index is 12.1. The minimum Gasteiger partial charge on any atom is -0.507 e. The summed E-state index contributed by atoms with van der Waals surface area (Å²) in [6.45, 7) is 6.59. The van der Waals surface area contributed by atoms with Gasteiger partial charge in [0, 0.05) is 17.7 Å². The summed E-state index contributed by atoms with van der Waals surface area (Å²) in [6, 6.07) is 1.55. The largest absolute Gasteiger partial charge is 0.507 e. The molecule has 2 N–H and O–H groups in total. The molecule has 2 aliphatic rings. The number of fused-ring (bicyclic) bond motifs is 1. The lowest BCUT2D eigenvalue weighted by molar-refractivity contribution is 0.0544. The number of hydrogen-bond acceptors (Lipinski definition) is 4. The van der Waals surface area contributed by atoms with Crippen LogP contribution in [0.25, 0.3) is 0 Å². The molecule has 124 valence electrons. The molecule has 1 heterocycles. The zero-order valence-electron chi connectivity index (χ0n) is 14.0. The lowest BCUT2D eigenvalue weighted by Gasteiger charge is -2.51. The lowest BCUT2D eigenvalue weighted by Crippen LogP contribution is -2.48. The van der Waals surface area contributed by atoms with Crippen molar-refractivity contribution < 1.29 is 9.52 Å². The third-order valence-corrected chi connectivity index (χ3v) is 6.20. The number of aromatic hydroxyl groups is 1. The Morgan fingerprint density at radius 2 is 2.09 bits per heavy atom. The van der Waals surface area contributed by atoms with E-state index in [0.717, 1.165) is 6.21 Å². The highest BCUT2D eigenvalue weighted by Gasteiger charge is 2.50. The zero-order valence-corrected chi connectivity index (χ0v) is 14.0. The average molecular weight is 315 g/mol. The fourth-order valence-corrected chi connectivity index (χ4v) is 4.80. The van der Waals surface area contributed by atoms with Crippen molar-refractivity contribution in [2.75, 3.05) is 0 Å². The van der Waals surface area contributed by atoms with Crippen molar-refractivity contribution in [3.8, 4) is 5.75 Å². The second-order valence-electron chi connectivity index (χ2n) is 7.40. The van der Waals surface area contributed by atoms with E-state index in [4.69, 9.17) is 9.83 Å². The van der Waals surface area contributed by atoms with Crippen molar-refractivity contribution in [3.63, 3.8) is 0 Å². The van der Waals surface area contributed by atoms with E-state index in [9.17, 15) is 9.90 Å². The molecule has 1 saturated carbocycles. The molecule has 4 nitrogen and oxygen atoms in total. The van der Waals surface area contributed by atoms with Crippen molar-refractivity contribution in [1.29, 1.82) is 5.41 Å². The molecule has 0 radical (unpaired) electrons. The Morgan fingerprint density at radius 1 is 1.35 bits per heavy atom. The second kappa shape index (κ2) is 5.66. The van der Waals surface area contributed by atoms with Gasteiger partial charge in [-0.05, 0) is 30.1 Å². The van der Waals surface area contributed by atoms with E-state index in [0.29, 0.717) is 23.5 Å². The smallest absolute Gasteiger partial charge is 0.348 e. The quantitative estimate of drug-likeness (QED) is 0.643. The van der Waals surface area contributed by atoms with E-state index in [2.05, 4.69) is 32.9 Å². The van der Waals surface area contributed by atoms with Crippen LogP contribution in [0.3, 0.4) is 0 Å². The summed E-state index contributed by atoms with van der Waals surface area (Å²) in [5, 5.41) is 17.4. The van der Waals surface area contributed by atoms with Gasteiger partial charge in [0.2, 0.25) is 0 Å². The van der Waals surface area contributed by atoms with Gasteiger partial charge in [-0.25, -0.2) is 4.79 Å². The summed E-state index contributed by atoms with van der Waals surface area (Å²) in [4.78, 5) is 12.1. The molecule has 5 atom stereocenters. The zero-order chi connectivity index (χ0) is 16.8. The molecular weight excluding hydrogens is 290 g/mol. The van der Waals surface area contributed by atoms with Crippen molar-refractivity contribution in [1.82, 2.24) is 0 Å². The first-order valence-electron chi connectivity index (χ1n) is 8.46. The summed E-state index contributed by atoms with van der Waals surface area (Å²) in [6.07, 6.45) is 8.99. The summed E-state index contributed by atoms with van der Waals surface area (Å²) in [7, 11) is 0. The molecule has 0 amide bonds. The van der Waals surface area contributed by atoms with E-state index in [1.807, 2.05) is 0 Å². The summed E-state index contributed by atoms with van der Waals surface area (Å²) < 4.78 is 5.59. The summed E-state index contributed by atoms with van der Waals surface area (Å²) in [5.41, 5.74) is -1.03. The van der Waals surface area contributed by atoms with Gasteiger partial charge in [-0.15, -0.1) is 0 Å². The maximum Gasteiger partial charge on any atom is 0.348 e. The van der Waals surface area contributed by atoms with Crippen LogP contribution >= 0.6 is 0 Å². The average Bonchev–Trinajstić information content (AvgIpc) is 2.50. The second-order valence-corrected chi connectivity index (χ2v) is 7.40. The van der Waals surface area contributed by atoms with Crippen molar-refractivity contribution in [3.05, 3.63) is 40.0 Å². The van der Waals surface area contributed by atoms with E-state index in [1.54, 1.807) is 6.07 Å². The van der Waals surface area contributed by atoms with Gasteiger partial charge < -0.3 is 14.9 Å². The fourth-order valence-electron chi connectivity index (χ4n) is 4.80. The molecule has 1 fully saturated rings. The Balaban J connectivity index is 2.17.